The Morgan fingerprint density at radius 1 is 1.26 bits per heavy atom. The van der Waals surface area contributed by atoms with Gasteiger partial charge < -0.3 is 4.90 Å². The van der Waals surface area contributed by atoms with E-state index in [2.05, 4.69) is 48.8 Å². The number of hydrogen-bond acceptors (Lipinski definition) is 1. The molecule has 1 rings (SSSR count). The van der Waals surface area contributed by atoms with Crippen LogP contribution in [0.15, 0.2) is 30.3 Å². The second-order valence-corrected chi connectivity index (χ2v) is 6.84. The number of rotatable bonds is 6. The van der Waals surface area contributed by atoms with Gasteiger partial charge in [-0.1, -0.05) is 73.5 Å². The number of nitrogens with zero attached hydrogens (tertiary/aromatic N) is 1. The molecule has 0 aliphatic carbocycles. The lowest BCUT2D eigenvalue weighted by Crippen LogP contribution is -2.37. The van der Waals surface area contributed by atoms with Crippen LogP contribution in [-0.4, -0.2) is 29.2 Å². The van der Waals surface area contributed by atoms with Crippen LogP contribution in [0.3, 0.4) is 0 Å². The fourth-order valence-electron chi connectivity index (χ4n) is 2.32. The molecule has 0 heterocycles. The monoisotopic (exact) mass is 325 g/mol. The molecular formula is C16H24BrNO. The van der Waals surface area contributed by atoms with Crippen molar-refractivity contribution in [3.8, 4) is 0 Å². The van der Waals surface area contributed by atoms with Crippen molar-refractivity contribution in [3.63, 3.8) is 0 Å². The number of likely N-dealkylation sites (N-methyl/N-ethyl adjacent to an activating group) is 1. The van der Waals surface area contributed by atoms with E-state index in [0.717, 1.165) is 18.5 Å². The first-order chi connectivity index (χ1) is 8.97. The van der Waals surface area contributed by atoms with Gasteiger partial charge >= 0.3 is 0 Å². The standard InChI is InChI=1S/C16H24BrNO/c1-5-12(2)15(14-9-7-6-8-10-14)16(19)18(4)11-13(3)17/h6-10,12-13,15H,5,11H2,1-4H3. The van der Waals surface area contributed by atoms with Crippen molar-refractivity contribution >= 4 is 21.8 Å². The van der Waals surface area contributed by atoms with E-state index < -0.39 is 0 Å². The second kappa shape index (κ2) is 7.68. The predicted molar refractivity (Wildman–Crippen MR) is 84.7 cm³/mol. The van der Waals surface area contributed by atoms with Crippen LogP contribution in [0.1, 0.15) is 38.7 Å². The van der Waals surface area contributed by atoms with Crippen LogP contribution in [-0.2, 0) is 4.79 Å². The molecule has 0 aromatic heterocycles. The largest absolute Gasteiger partial charge is 0.344 e. The molecule has 1 aromatic carbocycles. The fourth-order valence-corrected chi connectivity index (χ4v) is 2.75. The Balaban J connectivity index is 2.95. The van der Waals surface area contributed by atoms with Gasteiger partial charge in [-0.15, -0.1) is 0 Å². The molecule has 2 nitrogen and oxygen atoms in total. The van der Waals surface area contributed by atoms with Crippen molar-refractivity contribution in [1.29, 1.82) is 0 Å². The van der Waals surface area contributed by atoms with Gasteiger partial charge in [0.1, 0.15) is 0 Å². The van der Waals surface area contributed by atoms with E-state index in [0.29, 0.717) is 10.7 Å². The molecule has 0 bridgehead atoms. The third-order valence-corrected chi connectivity index (χ3v) is 3.83. The smallest absolute Gasteiger partial charge is 0.230 e. The van der Waals surface area contributed by atoms with Crippen molar-refractivity contribution in [2.75, 3.05) is 13.6 Å². The lowest BCUT2D eigenvalue weighted by molar-refractivity contribution is -0.132. The summed E-state index contributed by atoms with van der Waals surface area (Å²) in [7, 11) is 1.89. The van der Waals surface area contributed by atoms with Gasteiger partial charge in [-0.2, -0.15) is 0 Å². The topological polar surface area (TPSA) is 20.3 Å². The van der Waals surface area contributed by atoms with E-state index in [1.165, 1.54) is 0 Å². The second-order valence-electron chi connectivity index (χ2n) is 5.27. The summed E-state index contributed by atoms with van der Waals surface area (Å²) in [5.74, 6) is 0.525. The zero-order valence-corrected chi connectivity index (χ0v) is 13.9. The van der Waals surface area contributed by atoms with E-state index >= 15 is 0 Å². The van der Waals surface area contributed by atoms with Crippen LogP contribution in [0.4, 0.5) is 0 Å². The maximum Gasteiger partial charge on any atom is 0.230 e. The number of alkyl halides is 1. The molecular weight excluding hydrogens is 302 g/mol. The van der Waals surface area contributed by atoms with Crippen molar-refractivity contribution < 1.29 is 4.79 Å². The Kier molecular flexibility index (Phi) is 6.56. The van der Waals surface area contributed by atoms with Gasteiger partial charge in [-0.25, -0.2) is 0 Å². The van der Waals surface area contributed by atoms with E-state index in [1.807, 2.05) is 30.1 Å². The first-order valence-corrected chi connectivity index (χ1v) is 7.82. The van der Waals surface area contributed by atoms with Gasteiger partial charge in [0.25, 0.3) is 0 Å². The minimum absolute atomic E-state index is 0.0394. The van der Waals surface area contributed by atoms with Gasteiger partial charge in [-0.3, -0.25) is 4.79 Å². The summed E-state index contributed by atoms with van der Waals surface area (Å²) in [6.07, 6.45) is 1.00. The number of halogens is 1. The Hall–Kier alpha value is -0.830. The Bertz CT molecular complexity index is 391. The Morgan fingerprint density at radius 2 is 1.84 bits per heavy atom. The molecule has 3 atom stereocenters. The lowest BCUT2D eigenvalue weighted by Gasteiger charge is -2.28. The first kappa shape index (κ1) is 16.2. The summed E-state index contributed by atoms with van der Waals surface area (Å²) in [6.45, 7) is 7.09. The number of carbonyl (C=O) groups excluding carboxylic acids is 1. The number of carbonyl (C=O) groups is 1. The average Bonchev–Trinajstić information content (AvgIpc) is 2.39. The highest BCUT2D eigenvalue weighted by molar-refractivity contribution is 9.09. The predicted octanol–water partition coefficient (Wildman–Crippen LogP) is 4.06. The van der Waals surface area contributed by atoms with E-state index in [4.69, 9.17) is 0 Å². The molecule has 0 aliphatic rings. The summed E-state index contributed by atoms with van der Waals surface area (Å²) in [6, 6.07) is 10.1. The molecule has 3 heteroatoms. The zero-order valence-electron chi connectivity index (χ0n) is 12.3. The van der Waals surface area contributed by atoms with Crippen LogP contribution in [0, 0.1) is 5.92 Å². The summed E-state index contributed by atoms with van der Waals surface area (Å²) in [5, 5.41) is 0. The molecule has 19 heavy (non-hydrogen) atoms. The Morgan fingerprint density at radius 3 is 2.32 bits per heavy atom. The van der Waals surface area contributed by atoms with Gasteiger partial charge in [0, 0.05) is 18.4 Å². The van der Waals surface area contributed by atoms with Crippen LogP contribution < -0.4 is 0 Å². The molecule has 106 valence electrons. The molecule has 0 radical (unpaired) electrons. The molecule has 0 saturated heterocycles. The Labute approximate surface area is 125 Å². The summed E-state index contributed by atoms with van der Waals surface area (Å²) in [4.78, 5) is 14.8. The third kappa shape index (κ3) is 4.64. The van der Waals surface area contributed by atoms with E-state index in [1.54, 1.807) is 0 Å². The normalized spacial score (nSPS) is 15.6. The highest BCUT2D eigenvalue weighted by Crippen LogP contribution is 2.28. The third-order valence-electron chi connectivity index (χ3n) is 3.54. The minimum Gasteiger partial charge on any atom is -0.344 e. The maximum atomic E-state index is 12.7. The molecule has 1 amide bonds. The van der Waals surface area contributed by atoms with Gasteiger partial charge in [0.15, 0.2) is 0 Å². The lowest BCUT2D eigenvalue weighted by atomic mass is 9.84. The summed E-state index contributed by atoms with van der Waals surface area (Å²) in [5.41, 5.74) is 1.12. The van der Waals surface area contributed by atoms with Crippen molar-refractivity contribution in [3.05, 3.63) is 35.9 Å². The minimum atomic E-state index is -0.0394. The summed E-state index contributed by atoms with van der Waals surface area (Å²) >= 11 is 3.51. The van der Waals surface area contributed by atoms with Gasteiger partial charge in [0.05, 0.1) is 5.92 Å². The SMILES string of the molecule is CCC(C)C(C(=O)N(C)CC(C)Br)c1ccccc1. The van der Waals surface area contributed by atoms with Crippen molar-refractivity contribution in [2.45, 2.75) is 37.9 Å². The van der Waals surface area contributed by atoms with E-state index in [9.17, 15) is 4.79 Å². The highest BCUT2D eigenvalue weighted by Gasteiger charge is 2.28. The molecule has 3 unspecified atom stereocenters. The van der Waals surface area contributed by atoms with Crippen LogP contribution in [0.2, 0.25) is 0 Å². The molecule has 0 aliphatic heterocycles. The first-order valence-electron chi connectivity index (χ1n) is 6.91. The molecule has 0 fully saturated rings. The molecule has 1 aromatic rings. The fraction of sp³-hybridized carbons (Fsp3) is 0.562. The molecule has 0 N–H and O–H groups in total. The van der Waals surface area contributed by atoms with Crippen molar-refractivity contribution in [2.24, 2.45) is 5.92 Å². The highest BCUT2D eigenvalue weighted by atomic mass is 79.9. The van der Waals surface area contributed by atoms with E-state index in [-0.39, 0.29) is 11.8 Å². The van der Waals surface area contributed by atoms with Crippen molar-refractivity contribution in [1.82, 2.24) is 4.90 Å². The molecule has 0 saturated carbocycles. The zero-order chi connectivity index (χ0) is 14.4. The molecule has 0 spiro atoms. The summed E-state index contributed by atoms with van der Waals surface area (Å²) < 4.78 is 0. The average molecular weight is 326 g/mol. The van der Waals surface area contributed by atoms with Gasteiger partial charge in [0.2, 0.25) is 5.91 Å². The quantitative estimate of drug-likeness (QED) is 0.722. The van der Waals surface area contributed by atoms with Crippen LogP contribution >= 0.6 is 15.9 Å². The number of benzene rings is 1. The number of amides is 1. The van der Waals surface area contributed by atoms with Crippen LogP contribution in [0.5, 0.6) is 0 Å². The van der Waals surface area contributed by atoms with Crippen LogP contribution in [0.25, 0.3) is 0 Å². The number of hydrogen-bond donors (Lipinski definition) is 0. The van der Waals surface area contributed by atoms with Gasteiger partial charge in [-0.05, 0) is 11.5 Å². The maximum absolute atomic E-state index is 12.7.